The summed E-state index contributed by atoms with van der Waals surface area (Å²) in [4.78, 5) is 18.2. The zero-order chi connectivity index (χ0) is 19.3. The van der Waals surface area contributed by atoms with Gasteiger partial charge in [0.15, 0.2) is 5.96 Å². The lowest BCUT2D eigenvalue weighted by Crippen LogP contribution is -2.38. The third-order valence-corrected chi connectivity index (χ3v) is 4.45. The number of nitrogens with zero attached hydrogens (tertiary/aromatic N) is 2. The number of carbonyl (C=O) groups is 1. The van der Waals surface area contributed by atoms with Gasteiger partial charge in [-0.05, 0) is 50.3 Å². The van der Waals surface area contributed by atoms with Gasteiger partial charge in [0.05, 0.1) is 6.61 Å². The molecule has 2 rings (SSSR count). The normalized spacial score (nSPS) is 14.0. The zero-order valence-corrected chi connectivity index (χ0v) is 19.5. The van der Waals surface area contributed by atoms with Crippen molar-refractivity contribution in [2.75, 3.05) is 39.3 Å². The van der Waals surface area contributed by atoms with Crippen LogP contribution in [0.15, 0.2) is 29.3 Å². The van der Waals surface area contributed by atoms with Gasteiger partial charge in [-0.15, -0.1) is 24.0 Å². The number of rotatable bonds is 11. The van der Waals surface area contributed by atoms with Crippen LogP contribution in [0.2, 0.25) is 0 Å². The molecule has 0 atom stereocenters. The quantitative estimate of drug-likeness (QED) is 0.211. The average molecular weight is 502 g/mol. The van der Waals surface area contributed by atoms with E-state index >= 15 is 0 Å². The molecule has 1 amide bonds. The summed E-state index contributed by atoms with van der Waals surface area (Å²) in [6.45, 7) is 9.01. The Morgan fingerprint density at radius 3 is 2.86 bits per heavy atom. The third kappa shape index (κ3) is 9.12. The molecule has 0 aliphatic carbocycles. The van der Waals surface area contributed by atoms with Crippen molar-refractivity contribution in [1.82, 2.24) is 15.5 Å². The number of amides is 1. The van der Waals surface area contributed by atoms with E-state index in [0.717, 1.165) is 76.7 Å². The first-order chi connectivity index (χ1) is 13.2. The number of benzene rings is 1. The molecule has 0 radical (unpaired) electrons. The van der Waals surface area contributed by atoms with Crippen molar-refractivity contribution in [1.29, 1.82) is 0 Å². The van der Waals surface area contributed by atoms with Crippen molar-refractivity contribution >= 4 is 35.8 Å². The molecule has 1 aromatic carbocycles. The van der Waals surface area contributed by atoms with E-state index in [4.69, 9.17) is 4.74 Å². The van der Waals surface area contributed by atoms with Crippen molar-refractivity contribution < 1.29 is 9.53 Å². The summed E-state index contributed by atoms with van der Waals surface area (Å²) in [5, 5.41) is 6.67. The van der Waals surface area contributed by atoms with E-state index in [1.807, 2.05) is 17.0 Å². The summed E-state index contributed by atoms with van der Waals surface area (Å²) in [5.74, 6) is 2.06. The van der Waals surface area contributed by atoms with Crippen LogP contribution in [0.5, 0.6) is 5.75 Å². The van der Waals surface area contributed by atoms with Crippen LogP contribution in [-0.4, -0.2) is 56.1 Å². The Kier molecular flexibility index (Phi) is 12.7. The Morgan fingerprint density at radius 1 is 1.29 bits per heavy atom. The molecular weight excluding hydrogens is 467 g/mol. The maximum atomic E-state index is 11.6. The Balaban J connectivity index is 0.00000392. The van der Waals surface area contributed by atoms with Gasteiger partial charge in [0.25, 0.3) is 0 Å². The molecule has 0 aromatic heterocycles. The van der Waals surface area contributed by atoms with E-state index in [1.165, 1.54) is 5.56 Å². The van der Waals surface area contributed by atoms with Gasteiger partial charge in [0.1, 0.15) is 5.75 Å². The van der Waals surface area contributed by atoms with Gasteiger partial charge in [0, 0.05) is 39.1 Å². The summed E-state index contributed by atoms with van der Waals surface area (Å²) in [6, 6.07) is 8.27. The van der Waals surface area contributed by atoms with Crippen molar-refractivity contribution in [2.24, 2.45) is 4.99 Å². The van der Waals surface area contributed by atoms with E-state index in [0.29, 0.717) is 6.42 Å². The molecular formula is C21H35IN4O2. The highest BCUT2D eigenvalue weighted by Crippen LogP contribution is 2.14. The van der Waals surface area contributed by atoms with Crippen LogP contribution in [0.1, 0.15) is 45.1 Å². The van der Waals surface area contributed by atoms with Crippen LogP contribution in [-0.2, 0) is 11.2 Å². The lowest BCUT2D eigenvalue weighted by Gasteiger charge is -2.15. The highest BCUT2D eigenvalue weighted by molar-refractivity contribution is 14.0. The number of hydrogen-bond donors (Lipinski definition) is 2. The maximum absolute atomic E-state index is 11.6. The number of carbonyl (C=O) groups excluding carboxylic acids is 1. The molecule has 1 aliphatic heterocycles. The molecule has 28 heavy (non-hydrogen) atoms. The minimum atomic E-state index is 0. The fourth-order valence-electron chi connectivity index (χ4n) is 3.07. The lowest BCUT2D eigenvalue weighted by atomic mass is 10.1. The summed E-state index contributed by atoms with van der Waals surface area (Å²) in [5.41, 5.74) is 1.25. The van der Waals surface area contributed by atoms with Crippen LogP contribution >= 0.6 is 24.0 Å². The number of halogens is 1. The van der Waals surface area contributed by atoms with Gasteiger partial charge in [-0.1, -0.05) is 19.1 Å². The molecule has 158 valence electrons. The second-order valence-electron chi connectivity index (χ2n) is 6.77. The Labute approximate surface area is 186 Å². The largest absolute Gasteiger partial charge is 0.494 e. The smallest absolute Gasteiger partial charge is 0.222 e. The number of nitrogens with one attached hydrogen (secondary N) is 2. The zero-order valence-electron chi connectivity index (χ0n) is 17.2. The topological polar surface area (TPSA) is 66.0 Å². The van der Waals surface area contributed by atoms with E-state index in [2.05, 4.69) is 41.6 Å². The molecule has 6 nitrogen and oxygen atoms in total. The van der Waals surface area contributed by atoms with Crippen molar-refractivity contribution in [3.63, 3.8) is 0 Å². The average Bonchev–Trinajstić information content (AvgIpc) is 3.08. The van der Waals surface area contributed by atoms with Crippen LogP contribution in [0, 0.1) is 0 Å². The molecule has 1 fully saturated rings. The first-order valence-electron chi connectivity index (χ1n) is 10.2. The van der Waals surface area contributed by atoms with Crippen LogP contribution in [0.25, 0.3) is 0 Å². The van der Waals surface area contributed by atoms with Gasteiger partial charge >= 0.3 is 0 Å². The minimum Gasteiger partial charge on any atom is -0.494 e. The number of aliphatic imine (C=N–C) groups is 1. The maximum Gasteiger partial charge on any atom is 0.222 e. The molecule has 0 unspecified atom stereocenters. The van der Waals surface area contributed by atoms with Gasteiger partial charge in [-0.2, -0.15) is 0 Å². The van der Waals surface area contributed by atoms with Gasteiger partial charge in [-0.25, -0.2) is 0 Å². The molecule has 7 heteroatoms. The Hall–Kier alpha value is -1.51. The minimum absolute atomic E-state index is 0. The van der Waals surface area contributed by atoms with E-state index in [-0.39, 0.29) is 29.9 Å². The predicted molar refractivity (Wildman–Crippen MR) is 126 cm³/mol. The predicted octanol–water partition coefficient (Wildman–Crippen LogP) is 3.20. The Bertz CT molecular complexity index is 610. The summed E-state index contributed by atoms with van der Waals surface area (Å²) in [6.07, 6.45) is 4.53. The highest BCUT2D eigenvalue weighted by Gasteiger charge is 2.18. The van der Waals surface area contributed by atoms with Crippen molar-refractivity contribution in [3.8, 4) is 5.75 Å². The fraction of sp³-hybridized carbons (Fsp3) is 0.619. The molecule has 0 saturated carbocycles. The molecule has 1 aliphatic rings. The summed E-state index contributed by atoms with van der Waals surface area (Å²) < 4.78 is 5.69. The van der Waals surface area contributed by atoms with E-state index in [9.17, 15) is 4.79 Å². The third-order valence-electron chi connectivity index (χ3n) is 4.45. The number of guanidine groups is 1. The van der Waals surface area contributed by atoms with E-state index < -0.39 is 0 Å². The number of ether oxygens (including phenoxy) is 1. The number of likely N-dealkylation sites (tertiary alicyclic amines) is 1. The SMILES string of the molecule is CCCOc1cccc(CCNC(=NCCCN2CCCC2=O)NCC)c1.I. The first kappa shape index (κ1) is 24.5. The first-order valence-corrected chi connectivity index (χ1v) is 10.2. The second kappa shape index (κ2) is 14.5. The fourth-order valence-corrected chi connectivity index (χ4v) is 3.07. The molecule has 2 N–H and O–H groups in total. The van der Waals surface area contributed by atoms with Crippen molar-refractivity contribution in [2.45, 2.75) is 46.0 Å². The van der Waals surface area contributed by atoms with Crippen LogP contribution in [0.3, 0.4) is 0 Å². The number of hydrogen-bond acceptors (Lipinski definition) is 3. The van der Waals surface area contributed by atoms with Crippen LogP contribution in [0.4, 0.5) is 0 Å². The van der Waals surface area contributed by atoms with Gasteiger partial charge in [0.2, 0.25) is 5.91 Å². The highest BCUT2D eigenvalue weighted by atomic mass is 127. The summed E-state index contributed by atoms with van der Waals surface area (Å²) >= 11 is 0. The van der Waals surface area contributed by atoms with Crippen molar-refractivity contribution in [3.05, 3.63) is 29.8 Å². The molecule has 1 aromatic rings. The van der Waals surface area contributed by atoms with Gasteiger partial charge < -0.3 is 20.3 Å². The van der Waals surface area contributed by atoms with Gasteiger partial charge in [-0.3, -0.25) is 9.79 Å². The molecule has 1 heterocycles. The van der Waals surface area contributed by atoms with E-state index in [1.54, 1.807) is 0 Å². The molecule has 1 saturated heterocycles. The lowest BCUT2D eigenvalue weighted by molar-refractivity contribution is -0.127. The summed E-state index contributed by atoms with van der Waals surface area (Å²) in [7, 11) is 0. The Morgan fingerprint density at radius 2 is 2.14 bits per heavy atom. The standard InChI is InChI=1S/C21H34N4O2.HI/c1-3-16-27-19-9-5-8-18(17-19)11-13-24-21(22-4-2)23-12-7-15-25-14-6-10-20(25)26;/h5,8-9,17H,3-4,6-7,10-16H2,1-2H3,(H2,22,23,24);1H. The monoisotopic (exact) mass is 502 g/mol. The molecule has 0 bridgehead atoms. The molecule has 0 spiro atoms. The second-order valence-corrected chi connectivity index (χ2v) is 6.77. The van der Waals surface area contributed by atoms with Crippen LogP contribution < -0.4 is 15.4 Å².